The fourth-order valence-corrected chi connectivity index (χ4v) is 2.59. The van der Waals surface area contributed by atoms with Gasteiger partial charge in [-0.1, -0.05) is 19.1 Å². The number of amides is 1. The molecule has 0 aliphatic rings. The fraction of sp³-hybridized carbons (Fsp3) is 0.375. The first-order valence-electron chi connectivity index (χ1n) is 6.83. The maximum atomic E-state index is 11.7. The number of nitrogens with zero attached hydrogens (tertiary/aromatic N) is 1. The van der Waals surface area contributed by atoms with E-state index in [9.17, 15) is 4.79 Å². The summed E-state index contributed by atoms with van der Waals surface area (Å²) in [6.07, 6.45) is 1.45. The topological polar surface area (TPSA) is 51.2 Å². The SMILES string of the molecule is CC(c1ccc(NC(=O)OC(C)(C)C)cc1)c1cncs1. The number of rotatable bonds is 3. The van der Waals surface area contributed by atoms with E-state index < -0.39 is 11.7 Å². The Morgan fingerprint density at radius 1 is 1.29 bits per heavy atom. The van der Waals surface area contributed by atoms with Crippen molar-refractivity contribution in [2.75, 3.05) is 5.32 Å². The summed E-state index contributed by atoms with van der Waals surface area (Å²) in [7, 11) is 0. The summed E-state index contributed by atoms with van der Waals surface area (Å²) >= 11 is 1.65. The number of carbonyl (C=O) groups excluding carboxylic acids is 1. The van der Waals surface area contributed by atoms with Gasteiger partial charge in [0.15, 0.2) is 0 Å². The number of anilines is 1. The normalized spacial score (nSPS) is 12.8. The van der Waals surface area contributed by atoms with Crippen molar-refractivity contribution < 1.29 is 9.53 Å². The zero-order valence-corrected chi connectivity index (χ0v) is 13.5. The van der Waals surface area contributed by atoms with Gasteiger partial charge in [-0.2, -0.15) is 0 Å². The van der Waals surface area contributed by atoms with Gasteiger partial charge in [0.2, 0.25) is 0 Å². The van der Waals surface area contributed by atoms with E-state index >= 15 is 0 Å². The molecule has 2 aromatic rings. The molecule has 1 atom stereocenters. The van der Waals surface area contributed by atoms with Crippen molar-refractivity contribution in [3.8, 4) is 0 Å². The molecule has 1 aromatic carbocycles. The molecule has 0 aliphatic heterocycles. The Balaban J connectivity index is 2.01. The van der Waals surface area contributed by atoms with Crippen LogP contribution in [0.4, 0.5) is 10.5 Å². The van der Waals surface area contributed by atoms with Gasteiger partial charge in [-0.15, -0.1) is 11.3 Å². The van der Waals surface area contributed by atoms with Crippen LogP contribution in [-0.2, 0) is 4.74 Å². The molecule has 1 aromatic heterocycles. The lowest BCUT2D eigenvalue weighted by Crippen LogP contribution is -2.27. The fourth-order valence-electron chi connectivity index (χ4n) is 1.88. The first-order valence-corrected chi connectivity index (χ1v) is 7.71. The molecule has 1 heterocycles. The Labute approximate surface area is 129 Å². The summed E-state index contributed by atoms with van der Waals surface area (Å²) in [6.45, 7) is 7.66. The predicted octanol–water partition coefficient (Wildman–Crippen LogP) is 4.64. The Morgan fingerprint density at radius 3 is 2.48 bits per heavy atom. The molecule has 112 valence electrons. The van der Waals surface area contributed by atoms with E-state index in [4.69, 9.17) is 4.74 Å². The first-order chi connectivity index (χ1) is 9.85. The lowest BCUT2D eigenvalue weighted by atomic mass is 10.00. The van der Waals surface area contributed by atoms with E-state index in [1.165, 1.54) is 10.4 Å². The third-order valence-electron chi connectivity index (χ3n) is 2.93. The maximum absolute atomic E-state index is 11.7. The second-order valence-corrected chi connectivity index (χ2v) is 6.79. The third kappa shape index (κ3) is 4.56. The molecule has 21 heavy (non-hydrogen) atoms. The number of benzene rings is 1. The van der Waals surface area contributed by atoms with Gasteiger partial charge < -0.3 is 4.74 Å². The van der Waals surface area contributed by atoms with Gasteiger partial charge in [-0.05, 0) is 38.5 Å². The highest BCUT2D eigenvalue weighted by Crippen LogP contribution is 2.27. The molecule has 0 saturated carbocycles. The average molecular weight is 304 g/mol. The van der Waals surface area contributed by atoms with E-state index in [0.717, 1.165) is 5.69 Å². The van der Waals surface area contributed by atoms with Crippen molar-refractivity contribution in [3.05, 3.63) is 46.4 Å². The molecular weight excluding hydrogens is 284 g/mol. The van der Waals surface area contributed by atoms with E-state index in [1.54, 1.807) is 11.3 Å². The Bertz CT molecular complexity index is 586. The van der Waals surface area contributed by atoms with Crippen LogP contribution in [0.25, 0.3) is 0 Å². The summed E-state index contributed by atoms with van der Waals surface area (Å²) in [5, 5.41) is 2.73. The molecule has 0 aliphatic carbocycles. The minimum atomic E-state index is -0.495. The van der Waals surface area contributed by atoms with E-state index in [2.05, 4.69) is 17.2 Å². The second-order valence-electron chi connectivity index (χ2n) is 5.87. The first kappa shape index (κ1) is 15.5. The minimum absolute atomic E-state index is 0.299. The molecule has 0 saturated heterocycles. The molecule has 0 spiro atoms. The quantitative estimate of drug-likeness (QED) is 0.898. The second kappa shape index (κ2) is 6.26. The molecule has 5 heteroatoms. The Kier molecular flexibility index (Phi) is 4.63. The molecule has 2 rings (SSSR count). The van der Waals surface area contributed by atoms with Crippen LogP contribution in [0.15, 0.2) is 36.0 Å². The van der Waals surface area contributed by atoms with E-state index in [-0.39, 0.29) is 0 Å². The highest BCUT2D eigenvalue weighted by Gasteiger charge is 2.16. The van der Waals surface area contributed by atoms with E-state index in [0.29, 0.717) is 5.92 Å². The number of hydrogen-bond acceptors (Lipinski definition) is 4. The van der Waals surface area contributed by atoms with Crippen LogP contribution in [0.5, 0.6) is 0 Å². The van der Waals surface area contributed by atoms with Crippen molar-refractivity contribution in [2.24, 2.45) is 0 Å². The number of nitrogens with one attached hydrogen (secondary N) is 1. The van der Waals surface area contributed by atoms with Crippen LogP contribution in [0.3, 0.4) is 0 Å². The summed E-state index contributed by atoms with van der Waals surface area (Å²) in [5.41, 5.74) is 3.26. The summed E-state index contributed by atoms with van der Waals surface area (Å²) in [4.78, 5) is 17.0. The van der Waals surface area contributed by atoms with Gasteiger partial charge in [-0.25, -0.2) is 4.79 Å². The van der Waals surface area contributed by atoms with Crippen molar-refractivity contribution in [1.29, 1.82) is 0 Å². The molecular formula is C16H20N2O2S. The zero-order valence-electron chi connectivity index (χ0n) is 12.7. The lowest BCUT2D eigenvalue weighted by molar-refractivity contribution is 0.0636. The Morgan fingerprint density at radius 2 is 1.95 bits per heavy atom. The van der Waals surface area contributed by atoms with Gasteiger partial charge in [0.05, 0.1) is 5.51 Å². The van der Waals surface area contributed by atoms with Crippen molar-refractivity contribution >= 4 is 23.1 Å². The number of hydrogen-bond donors (Lipinski definition) is 1. The van der Waals surface area contributed by atoms with E-state index in [1.807, 2.05) is 56.7 Å². The zero-order chi connectivity index (χ0) is 15.5. The van der Waals surface area contributed by atoms with Gasteiger partial charge in [-0.3, -0.25) is 10.3 Å². The molecule has 0 radical (unpaired) electrons. The monoisotopic (exact) mass is 304 g/mol. The molecule has 4 nitrogen and oxygen atoms in total. The predicted molar refractivity (Wildman–Crippen MR) is 85.9 cm³/mol. The number of thiazole rings is 1. The third-order valence-corrected chi connectivity index (χ3v) is 3.89. The van der Waals surface area contributed by atoms with Gasteiger partial charge in [0, 0.05) is 22.7 Å². The summed E-state index contributed by atoms with van der Waals surface area (Å²) in [6, 6.07) is 7.79. The Hall–Kier alpha value is -1.88. The molecule has 1 unspecified atom stereocenters. The highest BCUT2D eigenvalue weighted by atomic mass is 32.1. The largest absolute Gasteiger partial charge is 0.444 e. The van der Waals surface area contributed by atoms with Gasteiger partial charge in [0.1, 0.15) is 5.60 Å². The van der Waals surface area contributed by atoms with Crippen LogP contribution >= 0.6 is 11.3 Å². The van der Waals surface area contributed by atoms with Crippen molar-refractivity contribution in [3.63, 3.8) is 0 Å². The molecule has 1 N–H and O–H groups in total. The van der Waals surface area contributed by atoms with Gasteiger partial charge in [0.25, 0.3) is 0 Å². The van der Waals surface area contributed by atoms with Crippen molar-refractivity contribution in [2.45, 2.75) is 39.2 Å². The highest BCUT2D eigenvalue weighted by molar-refractivity contribution is 7.09. The number of ether oxygens (including phenoxy) is 1. The smallest absolute Gasteiger partial charge is 0.412 e. The van der Waals surface area contributed by atoms with Crippen LogP contribution in [-0.4, -0.2) is 16.7 Å². The summed E-state index contributed by atoms with van der Waals surface area (Å²) < 4.78 is 5.22. The van der Waals surface area contributed by atoms with Crippen LogP contribution < -0.4 is 5.32 Å². The standard InChI is InChI=1S/C16H20N2O2S/c1-11(14-9-17-10-21-14)12-5-7-13(8-6-12)18-15(19)20-16(2,3)4/h5-11H,1-4H3,(H,18,19). The molecule has 0 fully saturated rings. The summed E-state index contributed by atoms with van der Waals surface area (Å²) in [5.74, 6) is 0.299. The number of aromatic nitrogens is 1. The van der Waals surface area contributed by atoms with Crippen LogP contribution in [0.2, 0.25) is 0 Å². The molecule has 0 bridgehead atoms. The molecule has 1 amide bonds. The van der Waals surface area contributed by atoms with Crippen LogP contribution in [0.1, 0.15) is 44.1 Å². The van der Waals surface area contributed by atoms with Crippen LogP contribution in [0, 0.1) is 0 Å². The van der Waals surface area contributed by atoms with Crippen molar-refractivity contribution in [1.82, 2.24) is 4.98 Å². The minimum Gasteiger partial charge on any atom is -0.444 e. The lowest BCUT2D eigenvalue weighted by Gasteiger charge is -2.19. The number of carbonyl (C=O) groups is 1. The average Bonchev–Trinajstić information content (AvgIpc) is 2.90. The van der Waals surface area contributed by atoms with Gasteiger partial charge >= 0.3 is 6.09 Å². The maximum Gasteiger partial charge on any atom is 0.412 e.